The van der Waals surface area contributed by atoms with Crippen LogP contribution in [0.2, 0.25) is 0 Å². The number of hydrogen-bond acceptors (Lipinski definition) is 2. The molecule has 0 radical (unpaired) electrons. The van der Waals surface area contributed by atoms with Crippen molar-refractivity contribution in [1.82, 2.24) is 9.80 Å². The molecule has 2 aliphatic rings. The summed E-state index contributed by atoms with van der Waals surface area (Å²) in [6.07, 6.45) is 8.22. The molecule has 4 nitrogen and oxygen atoms in total. The molecule has 2 amide bonds. The first-order valence-corrected chi connectivity index (χ1v) is 9.88. The van der Waals surface area contributed by atoms with E-state index in [1.165, 1.54) is 24.0 Å². The van der Waals surface area contributed by atoms with Crippen LogP contribution in [0.5, 0.6) is 0 Å². The van der Waals surface area contributed by atoms with Crippen LogP contribution in [-0.2, 0) is 17.6 Å². The summed E-state index contributed by atoms with van der Waals surface area (Å²) < 4.78 is 0. The van der Waals surface area contributed by atoms with E-state index in [2.05, 4.69) is 19.1 Å². The van der Waals surface area contributed by atoms with Crippen molar-refractivity contribution >= 4 is 11.8 Å². The van der Waals surface area contributed by atoms with Gasteiger partial charge in [-0.1, -0.05) is 19.4 Å². The average Bonchev–Trinajstić information content (AvgIpc) is 2.91. The molecule has 0 N–H and O–H groups in total. The highest BCUT2D eigenvalue weighted by Crippen LogP contribution is 2.23. The maximum atomic E-state index is 12.9. The molecule has 1 saturated heterocycles. The molecule has 25 heavy (non-hydrogen) atoms. The van der Waals surface area contributed by atoms with Gasteiger partial charge in [0.25, 0.3) is 5.91 Å². The normalized spacial score (nSPS) is 17.8. The van der Waals surface area contributed by atoms with Crippen molar-refractivity contribution in [3.8, 4) is 0 Å². The number of carbonyl (C=O) groups is 2. The second-order valence-corrected chi connectivity index (χ2v) is 7.32. The molecule has 1 aromatic rings. The lowest BCUT2D eigenvalue weighted by atomic mass is 9.90. The summed E-state index contributed by atoms with van der Waals surface area (Å²) in [4.78, 5) is 29.0. The Balaban J connectivity index is 1.62. The van der Waals surface area contributed by atoms with Gasteiger partial charge in [0.2, 0.25) is 5.91 Å². The van der Waals surface area contributed by atoms with Gasteiger partial charge in [0.1, 0.15) is 0 Å². The Morgan fingerprint density at radius 1 is 0.920 bits per heavy atom. The van der Waals surface area contributed by atoms with Crippen LogP contribution in [0.1, 0.15) is 66.9 Å². The minimum atomic E-state index is 0.122. The Hall–Kier alpha value is -1.84. The van der Waals surface area contributed by atoms with Gasteiger partial charge in [-0.25, -0.2) is 0 Å². The lowest BCUT2D eigenvalue weighted by molar-refractivity contribution is -0.131. The predicted molar refractivity (Wildman–Crippen MR) is 99.7 cm³/mol. The highest BCUT2D eigenvalue weighted by atomic mass is 16.2. The Labute approximate surface area is 151 Å². The first-order chi connectivity index (χ1) is 12.2. The van der Waals surface area contributed by atoms with Gasteiger partial charge in [-0.2, -0.15) is 0 Å². The third-order valence-electron chi connectivity index (χ3n) is 5.48. The summed E-state index contributed by atoms with van der Waals surface area (Å²) in [7, 11) is 0. The molecule has 136 valence electrons. The van der Waals surface area contributed by atoms with Gasteiger partial charge in [0.05, 0.1) is 0 Å². The van der Waals surface area contributed by atoms with E-state index in [9.17, 15) is 9.59 Å². The number of benzene rings is 1. The van der Waals surface area contributed by atoms with Crippen molar-refractivity contribution < 1.29 is 9.59 Å². The summed E-state index contributed by atoms with van der Waals surface area (Å²) in [5.41, 5.74) is 3.57. The van der Waals surface area contributed by atoms with Crippen LogP contribution in [-0.4, -0.2) is 47.8 Å². The third-order valence-corrected chi connectivity index (χ3v) is 5.48. The van der Waals surface area contributed by atoms with Crippen molar-refractivity contribution in [2.45, 2.75) is 58.3 Å². The topological polar surface area (TPSA) is 40.6 Å². The minimum Gasteiger partial charge on any atom is -0.341 e. The number of rotatable bonds is 4. The SMILES string of the molecule is CCCCC(=O)N1CCCN(C(=O)c2ccc3c(c2)CCCC3)CC1. The molecule has 1 aliphatic heterocycles. The van der Waals surface area contributed by atoms with Crippen LogP contribution in [0.3, 0.4) is 0 Å². The Morgan fingerprint density at radius 2 is 1.64 bits per heavy atom. The van der Waals surface area contributed by atoms with Crippen molar-refractivity contribution in [3.63, 3.8) is 0 Å². The number of unbranched alkanes of at least 4 members (excludes halogenated alkanes) is 1. The van der Waals surface area contributed by atoms with Crippen molar-refractivity contribution in [2.75, 3.05) is 26.2 Å². The molecule has 0 spiro atoms. The summed E-state index contributed by atoms with van der Waals surface area (Å²) in [5.74, 6) is 0.362. The Bertz CT molecular complexity index is 626. The number of fused-ring (bicyclic) bond motifs is 1. The fraction of sp³-hybridized carbons (Fsp3) is 0.619. The molecule has 0 atom stereocenters. The van der Waals surface area contributed by atoms with Gasteiger partial charge in [-0.15, -0.1) is 0 Å². The van der Waals surface area contributed by atoms with E-state index in [4.69, 9.17) is 0 Å². The quantitative estimate of drug-likeness (QED) is 0.841. The van der Waals surface area contributed by atoms with E-state index in [-0.39, 0.29) is 11.8 Å². The van der Waals surface area contributed by atoms with Crippen molar-refractivity contribution in [3.05, 3.63) is 34.9 Å². The van der Waals surface area contributed by atoms with Crippen LogP contribution < -0.4 is 0 Å². The number of nitrogens with zero attached hydrogens (tertiary/aromatic N) is 2. The third kappa shape index (κ3) is 4.42. The molecule has 0 saturated carbocycles. The summed E-state index contributed by atoms with van der Waals surface area (Å²) in [6, 6.07) is 6.23. The second kappa shape index (κ2) is 8.50. The van der Waals surface area contributed by atoms with Gasteiger partial charge >= 0.3 is 0 Å². The van der Waals surface area contributed by atoms with E-state index in [0.717, 1.165) is 50.8 Å². The van der Waals surface area contributed by atoms with Gasteiger partial charge in [-0.05, 0) is 61.8 Å². The first-order valence-electron chi connectivity index (χ1n) is 9.88. The van der Waals surface area contributed by atoms with Crippen LogP contribution in [0, 0.1) is 0 Å². The molecular formula is C21H30N2O2. The van der Waals surface area contributed by atoms with Crippen LogP contribution in [0.25, 0.3) is 0 Å². The smallest absolute Gasteiger partial charge is 0.253 e. The molecule has 0 aromatic heterocycles. The first kappa shape index (κ1) is 18.0. The highest BCUT2D eigenvalue weighted by molar-refractivity contribution is 5.94. The zero-order valence-electron chi connectivity index (χ0n) is 15.4. The fourth-order valence-electron chi connectivity index (χ4n) is 3.91. The van der Waals surface area contributed by atoms with Gasteiger partial charge in [0, 0.05) is 38.2 Å². The number of carbonyl (C=O) groups excluding carboxylic acids is 2. The number of amides is 2. The zero-order chi connectivity index (χ0) is 17.6. The lowest BCUT2D eigenvalue weighted by Gasteiger charge is -2.23. The van der Waals surface area contributed by atoms with Crippen LogP contribution >= 0.6 is 0 Å². The van der Waals surface area contributed by atoms with E-state index in [1.807, 2.05) is 15.9 Å². The molecule has 1 fully saturated rings. The summed E-state index contributed by atoms with van der Waals surface area (Å²) in [5, 5.41) is 0. The van der Waals surface area contributed by atoms with Gasteiger partial charge in [0.15, 0.2) is 0 Å². The number of hydrogen-bond donors (Lipinski definition) is 0. The van der Waals surface area contributed by atoms with E-state index < -0.39 is 0 Å². The largest absolute Gasteiger partial charge is 0.341 e. The average molecular weight is 342 g/mol. The molecule has 1 aromatic carbocycles. The van der Waals surface area contributed by atoms with E-state index in [0.29, 0.717) is 19.5 Å². The molecule has 0 bridgehead atoms. The monoisotopic (exact) mass is 342 g/mol. The highest BCUT2D eigenvalue weighted by Gasteiger charge is 2.23. The number of aryl methyl sites for hydroxylation is 2. The minimum absolute atomic E-state index is 0.122. The molecule has 1 heterocycles. The van der Waals surface area contributed by atoms with Crippen molar-refractivity contribution in [2.24, 2.45) is 0 Å². The summed E-state index contributed by atoms with van der Waals surface area (Å²) >= 11 is 0. The van der Waals surface area contributed by atoms with Crippen LogP contribution in [0.4, 0.5) is 0 Å². The predicted octanol–water partition coefficient (Wildman–Crippen LogP) is 3.43. The Morgan fingerprint density at radius 3 is 2.44 bits per heavy atom. The van der Waals surface area contributed by atoms with Crippen LogP contribution in [0.15, 0.2) is 18.2 Å². The lowest BCUT2D eigenvalue weighted by Crippen LogP contribution is -2.37. The second-order valence-electron chi connectivity index (χ2n) is 7.32. The Kier molecular flexibility index (Phi) is 6.11. The van der Waals surface area contributed by atoms with E-state index in [1.54, 1.807) is 0 Å². The molecule has 4 heteroatoms. The zero-order valence-corrected chi connectivity index (χ0v) is 15.4. The summed E-state index contributed by atoms with van der Waals surface area (Å²) in [6.45, 7) is 4.94. The molecular weight excluding hydrogens is 312 g/mol. The maximum absolute atomic E-state index is 12.9. The fourth-order valence-corrected chi connectivity index (χ4v) is 3.91. The van der Waals surface area contributed by atoms with Gasteiger partial charge < -0.3 is 9.80 Å². The molecule has 1 aliphatic carbocycles. The molecule has 0 unspecified atom stereocenters. The van der Waals surface area contributed by atoms with Gasteiger partial charge in [-0.3, -0.25) is 9.59 Å². The van der Waals surface area contributed by atoms with E-state index >= 15 is 0 Å². The van der Waals surface area contributed by atoms with Crippen molar-refractivity contribution in [1.29, 1.82) is 0 Å². The maximum Gasteiger partial charge on any atom is 0.253 e. The molecule has 3 rings (SSSR count). The standard InChI is InChI=1S/C21H30N2O2/c1-2-3-9-20(24)22-12-6-13-23(15-14-22)21(25)19-11-10-17-7-4-5-8-18(17)16-19/h10-11,16H,2-9,12-15H2,1H3.